The number of aryl methyl sites for hydroxylation is 1. The predicted octanol–water partition coefficient (Wildman–Crippen LogP) is 4.46. The summed E-state index contributed by atoms with van der Waals surface area (Å²) in [5.74, 6) is -0.158. The van der Waals surface area contributed by atoms with Crippen molar-refractivity contribution < 1.29 is 9.72 Å². The van der Waals surface area contributed by atoms with E-state index < -0.39 is 4.92 Å². The van der Waals surface area contributed by atoms with Gasteiger partial charge in [-0.05, 0) is 30.4 Å². The van der Waals surface area contributed by atoms with Crippen molar-refractivity contribution in [1.29, 1.82) is 0 Å². The zero-order chi connectivity index (χ0) is 20.6. The van der Waals surface area contributed by atoms with Gasteiger partial charge in [0, 0.05) is 17.5 Å². The normalized spacial score (nSPS) is 11.8. The molecule has 1 aromatic heterocycles. The maximum atomic E-state index is 12.5. The number of carbonyl (C=O) groups is 1. The van der Waals surface area contributed by atoms with Crippen LogP contribution in [0.5, 0.6) is 0 Å². The largest absolute Gasteiger partial charge is 0.346 e. The highest BCUT2D eigenvalue weighted by atomic mass is 32.1. The first-order valence-electron chi connectivity index (χ1n) is 9.40. The molecule has 1 radical (unpaired) electrons. The smallest absolute Gasteiger partial charge is 0.269 e. The maximum absolute atomic E-state index is 12.5. The van der Waals surface area contributed by atoms with Crippen LogP contribution in [-0.2, 0) is 24.1 Å². The van der Waals surface area contributed by atoms with Gasteiger partial charge in [0.05, 0.1) is 23.1 Å². The van der Waals surface area contributed by atoms with Crippen molar-refractivity contribution in [2.45, 2.75) is 32.2 Å². The number of nitrogens with one attached hydrogen (secondary N) is 1. The summed E-state index contributed by atoms with van der Waals surface area (Å²) in [6.45, 7) is 2.04. The van der Waals surface area contributed by atoms with Crippen LogP contribution in [0.2, 0.25) is 0 Å². The maximum Gasteiger partial charge on any atom is 0.269 e. The van der Waals surface area contributed by atoms with Gasteiger partial charge in [-0.15, -0.1) is 11.3 Å². The van der Waals surface area contributed by atoms with Gasteiger partial charge in [0.15, 0.2) is 0 Å². The fourth-order valence-corrected chi connectivity index (χ4v) is 3.84. The lowest BCUT2D eigenvalue weighted by Crippen LogP contribution is -2.30. The molecule has 1 unspecified atom stereocenters. The van der Waals surface area contributed by atoms with Crippen LogP contribution in [0.15, 0.2) is 60.0 Å². The lowest BCUT2D eigenvalue weighted by molar-refractivity contribution is -0.384. The van der Waals surface area contributed by atoms with E-state index >= 15 is 0 Å². The molecule has 0 spiro atoms. The number of non-ortho nitro benzene ring substituents is 1. The summed E-state index contributed by atoms with van der Waals surface area (Å²) in [5, 5.41) is 16.7. The number of hydrogen-bond acceptors (Lipinski definition) is 5. The topological polar surface area (TPSA) is 85.1 Å². The Morgan fingerprint density at radius 2 is 1.90 bits per heavy atom. The van der Waals surface area contributed by atoms with Crippen LogP contribution in [0.1, 0.15) is 34.8 Å². The monoisotopic (exact) mass is 408 g/mol. The molecule has 7 heteroatoms. The van der Waals surface area contributed by atoms with Crippen molar-refractivity contribution in [1.82, 2.24) is 10.3 Å². The Labute approximate surface area is 173 Å². The predicted molar refractivity (Wildman–Crippen MR) is 114 cm³/mol. The molecule has 0 aliphatic rings. The first-order valence-corrected chi connectivity index (χ1v) is 10.3. The molecule has 29 heavy (non-hydrogen) atoms. The Morgan fingerprint density at radius 1 is 1.17 bits per heavy atom. The molecular weight excluding hydrogens is 386 g/mol. The van der Waals surface area contributed by atoms with Crippen LogP contribution in [0, 0.1) is 16.5 Å². The fraction of sp³-hybridized carbons (Fsp3) is 0.227. The minimum absolute atomic E-state index is 0.0491. The van der Waals surface area contributed by atoms with Crippen LogP contribution in [-0.4, -0.2) is 15.8 Å². The second kappa shape index (κ2) is 9.93. The number of thiazole rings is 1. The van der Waals surface area contributed by atoms with Gasteiger partial charge in [0.1, 0.15) is 5.01 Å². The number of carbonyl (C=O) groups excluding carboxylic acids is 1. The Bertz CT molecular complexity index is 955. The number of aromatic nitrogens is 1. The van der Waals surface area contributed by atoms with Gasteiger partial charge in [-0.3, -0.25) is 14.9 Å². The average Bonchev–Trinajstić information content (AvgIpc) is 3.22. The molecule has 3 aromatic rings. The average molecular weight is 409 g/mol. The molecule has 0 bridgehead atoms. The van der Waals surface area contributed by atoms with Gasteiger partial charge in [0.25, 0.3) is 5.69 Å². The first kappa shape index (κ1) is 20.7. The van der Waals surface area contributed by atoms with Gasteiger partial charge in [-0.25, -0.2) is 4.98 Å². The van der Waals surface area contributed by atoms with Crippen molar-refractivity contribution in [3.63, 3.8) is 0 Å². The molecule has 1 amide bonds. The van der Waals surface area contributed by atoms with E-state index in [1.807, 2.05) is 42.6 Å². The zero-order valence-corrected chi connectivity index (χ0v) is 16.9. The summed E-state index contributed by atoms with van der Waals surface area (Å²) in [4.78, 5) is 27.6. The van der Waals surface area contributed by atoms with Gasteiger partial charge < -0.3 is 5.32 Å². The summed E-state index contributed by atoms with van der Waals surface area (Å²) < 4.78 is 0. The van der Waals surface area contributed by atoms with Gasteiger partial charge in [-0.1, -0.05) is 49.4 Å². The number of rotatable bonds is 9. The molecular formula is C22H22N3O3S. The van der Waals surface area contributed by atoms with Gasteiger partial charge >= 0.3 is 0 Å². The summed E-state index contributed by atoms with van der Waals surface area (Å²) in [5.41, 5.74) is 3.00. The highest BCUT2D eigenvalue weighted by Gasteiger charge is 2.19. The third-order valence-corrected chi connectivity index (χ3v) is 5.51. The third kappa shape index (κ3) is 5.96. The SMILES string of the molecule is CCc1csc(C(Cc2ccc([N+](=O)[O-])cc2)NC(=O)[CH]Cc2ccccc2)n1. The second-order valence-electron chi connectivity index (χ2n) is 6.61. The number of hydrogen-bond donors (Lipinski definition) is 1. The number of nitrogens with zero attached hydrogens (tertiary/aromatic N) is 2. The van der Waals surface area contributed by atoms with Crippen LogP contribution >= 0.6 is 11.3 Å². The van der Waals surface area contributed by atoms with Gasteiger partial charge in [-0.2, -0.15) is 0 Å². The molecule has 6 nitrogen and oxygen atoms in total. The second-order valence-corrected chi connectivity index (χ2v) is 7.50. The van der Waals surface area contributed by atoms with E-state index in [9.17, 15) is 14.9 Å². The summed E-state index contributed by atoms with van der Waals surface area (Å²) in [6, 6.07) is 15.9. The number of nitro benzene ring substituents is 1. The molecule has 0 fully saturated rings. The highest BCUT2D eigenvalue weighted by Crippen LogP contribution is 2.24. The first-order chi connectivity index (χ1) is 14.0. The van der Waals surface area contributed by atoms with E-state index in [4.69, 9.17) is 0 Å². The quantitative estimate of drug-likeness (QED) is 0.418. The van der Waals surface area contributed by atoms with Crippen molar-refractivity contribution >= 4 is 22.9 Å². The summed E-state index contributed by atoms with van der Waals surface area (Å²) in [6.07, 6.45) is 3.52. The van der Waals surface area contributed by atoms with E-state index in [1.165, 1.54) is 23.5 Å². The Hall–Kier alpha value is -3.06. The van der Waals surface area contributed by atoms with E-state index in [0.29, 0.717) is 12.8 Å². The Kier molecular flexibility index (Phi) is 7.08. The van der Waals surface area contributed by atoms with E-state index in [2.05, 4.69) is 10.3 Å². The number of benzene rings is 2. The molecule has 3 rings (SSSR count). The highest BCUT2D eigenvalue weighted by molar-refractivity contribution is 7.09. The van der Waals surface area contributed by atoms with Crippen LogP contribution < -0.4 is 5.32 Å². The molecule has 0 saturated carbocycles. The lowest BCUT2D eigenvalue weighted by Gasteiger charge is -2.17. The number of amides is 1. The van der Waals surface area contributed by atoms with E-state index in [0.717, 1.165) is 28.2 Å². The van der Waals surface area contributed by atoms with Crippen LogP contribution in [0.25, 0.3) is 0 Å². The third-order valence-electron chi connectivity index (χ3n) is 4.50. The summed E-state index contributed by atoms with van der Waals surface area (Å²) >= 11 is 1.52. The lowest BCUT2D eigenvalue weighted by atomic mass is 10.0. The fourth-order valence-electron chi connectivity index (χ4n) is 2.89. The molecule has 2 aromatic carbocycles. The Balaban J connectivity index is 1.70. The van der Waals surface area contributed by atoms with Gasteiger partial charge in [0.2, 0.25) is 5.91 Å². The molecule has 1 N–H and O–H groups in total. The van der Waals surface area contributed by atoms with E-state index in [1.54, 1.807) is 18.6 Å². The van der Waals surface area contributed by atoms with Crippen LogP contribution in [0.3, 0.4) is 0 Å². The van der Waals surface area contributed by atoms with E-state index in [-0.39, 0.29) is 17.6 Å². The van der Waals surface area contributed by atoms with Crippen molar-refractivity contribution in [2.75, 3.05) is 0 Å². The molecule has 1 heterocycles. The molecule has 1 atom stereocenters. The molecule has 149 valence electrons. The molecule has 0 saturated heterocycles. The molecule has 0 aliphatic heterocycles. The zero-order valence-electron chi connectivity index (χ0n) is 16.1. The molecule has 0 aliphatic carbocycles. The van der Waals surface area contributed by atoms with Crippen molar-refractivity contribution in [3.8, 4) is 0 Å². The minimum atomic E-state index is -0.421. The standard InChI is InChI=1S/C22H22N3O3S/c1-2-18-15-29-22(23-18)20(14-17-8-11-19(12-9-17)25(27)28)24-21(26)13-10-16-6-4-3-5-7-16/h3-9,11-13,15,20H,2,10,14H2,1H3,(H,24,26). The van der Waals surface area contributed by atoms with Crippen LogP contribution in [0.4, 0.5) is 5.69 Å². The van der Waals surface area contributed by atoms with Crippen molar-refractivity contribution in [2.24, 2.45) is 0 Å². The minimum Gasteiger partial charge on any atom is -0.346 e. The van der Waals surface area contributed by atoms with Crippen molar-refractivity contribution in [3.05, 3.63) is 98.3 Å². The Morgan fingerprint density at radius 3 is 2.52 bits per heavy atom. The summed E-state index contributed by atoms with van der Waals surface area (Å²) in [7, 11) is 0. The number of nitro groups is 1.